The SMILES string of the molecule is CC1(C)[C@@H]2C[C@H]3OB(C[C@]4(N)C=CC=CC4)O[C@@]3(C)[C@H]1C2. The van der Waals surface area contributed by atoms with Crippen molar-refractivity contribution in [1.29, 1.82) is 0 Å². The second kappa shape index (κ2) is 4.24. The van der Waals surface area contributed by atoms with Crippen LogP contribution >= 0.6 is 0 Å². The highest BCUT2D eigenvalue weighted by Crippen LogP contribution is 2.65. The smallest absolute Gasteiger partial charge is 0.405 e. The van der Waals surface area contributed by atoms with E-state index in [0.29, 0.717) is 11.3 Å². The van der Waals surface area contributed by atoms with Crippen molar-refractivity contribution < 1.29 is 9.31 Å². The highest BCUT2D eigenvalue weighted by molar-refractivity contribution is 6.45. The molecule has 1 saturated heterocycles. The third-order valence-corrected chi connectivity index (χ3v) is 6.72. The maximum absolute atomic E-state index is 6.47. The van der Waals surface area contributed by atoms with E-state index in [1.54, 1.807) is 0 Å². The summed E-state index contributed by atoms with van der Waals surface area (Å²) in [5, 5.41) is 0. The molecule has 0 aromatic heterocycles. The third-order valence-electron chi connectivity index (χ3n) is 6.72. The molecule has 0 spiro atoms. The van der Waals surface area contributed by atoms with Gasteiger partial charge in [0, 0.05) is 11.9 Å². The second-order valence-corrected chi connectivity index (χ2v) is 8.33. The van der Waals surface area contributed by atoms with Crippen LogP contribution in [0, 0.1) is 17.3 Å². The van der Waals surface area contributed by atoms with Crippen LogP contribution in [-0.2, 0) is 9.31 Å². The molecular weight excluding hydrogens is 261 g/mol. The van der Waals surface area contributed by atoms with E-state index in [-0.39, 0.29) is 24.4 Å². The van der Waals surface area contributed by atoms with E-state index in [1.807, 2.05) is 6.08 Å². The Kier molecular flexibility index (Phi) is 2.84. The van der Waals surface area contributed by atoms with E-state index < -0.39 is 0 Å². The van der Waals surface area contributed by atoms with Crippen molar-refractivity contribution in [2.24, 2.45) is 23.0 Å². The summed E-state index contributed by atoms with van der Waals surface area (Å²) in [5.74, 6) is 1.42. The maximum Gasteiger partial charge on any atom is 0.459 e. The first-order valence-electron chi connectivity index (χ1n) is 8.30. The molecule has 3 saturated carbocycles. The van der Waals surface area contributed by atoms with Crippen molar-refractivity contribution in [2.75, 3.05) is 0 Å². The lowest BCUT2D eigenvalue weighted by Crippen LogP contribution is -2.65. The predicted molar refractivity (Wildman–Crippen MR) is 84.7 cm³/mol. The zero-order valence-corrected chi connectivity index (χ0v) is 13.3. The molecule has 1 aliphatic heterocycles. The second-order valence-electron chi connectivity index (χ2n) is 8.33. The van der Waals surface area contributed by atoms with Gasteiger partial charge in [-0.05, 0) is 43.4 Å². The summed E-state index contributed by atoms with van der Waals surface area (Å²) in [5.41, 5.74) is 6.44. The summed E-state index contributed by atoms with van der Waals surface area (Å²) in [7, 11) is -0.156. The molecule has 2 bridgehead atoms. The summed E-state index contributed by atoms with van der Waals surface area (Å²) in [6, 6.07) is 0. The summed E-state index contributed by atoms with van der Waals surface area (Å²) in [6.45, 7) is 7.05. The van der Waals surface area contributed by atoms with Gasteiger partial charge in [0.05, 0.1) is 11.7 Å². The molecule has 4 aliphatic carbocycles. The van der Waals surface area contributed by atoms with Gasteiger partial charge < -0.3 is 15.0 Å². The Morgan fingerprint density at radius 2 is 2.05 bits per heavy atom. The predicted octanol–water partition coefficient (Wildman–Crippen LogP) is 2.93. The van der Waals surface area contributed by atoms with Gasteiger partial charge in [0.1, 0.15) is 0 Å². The molecule has 5 atom stereocenters. The zero-order valence-electron chi connectivity index (χ0n) is 13.3. The van der Waals surface area contributed by atoms with Crippen LogP contribution in [0.4, 0.5) is 0 Å². The van der Waals surface area contributed by atoms with E-state index in [4.69, 9.17) is 15.0 Å². The van der Waals surface area contributed by atoms with Gasteiger partial charge in [0.15, 0.2) is 0 Å². The molecular formula is C17H26BNO2. The molecule has 0 radical (unpaired) electrons. The van der Waals surface area contributed by atoms with Crippen molar-refractivity contribution >= 4 is 7.12 Å². The standard InChI is InChI=1S/C17H26BNO2/c1-15(2)12-9-13(15)16(3)14(10-12)20-18(21-16)11-17(19)7-5-4-6-8-17/h4-7,12-14H,8-11,19H2,1-3H3/t12-,13-,14+,16-,17-/m0/s1. The summed E-state index contributed by atoms with van der Waals surface area (Å²) in [6.07, 6.45) is 12.6. The normalized spacial score (nSPS) is 49.9. The molecule has 4 fully saturated rings. The third kappa shape index (κ3) is 1.92. The van der Waals surface area contributed by atoms with Crippen LogP contribution in [0.1, 0.15) is 40.0 Å². The van der Waals surface area contributed by atoms with Gasteiger partial charge in [-0.15, -0.1) is 0 Å². The maximum atomic E-state index is 6.47. The lowest BCUT2D eigenvalue weighted by Gasteiger charge is -2.64. The fourth-order valence-corrected chi connectivity index (χ4v) is 5.18. The molecule has 4 heteroatoms. The molecule has 1 heterocycles. The van der Waals surface area contributed by atoms with Crippen LogP contribution in [-0.4, -0.2) is 24.4 Å². The Bertz CT molecular complexity index is 517. The topological polar surface area (TPSA) is 44.5 Å². The molecule has 0 amide bonds. The van der Waals surface area contributed by atoms with Gasteiger partial charge in [-0.25, -0.2) is 0 Å². The van der Waals surface area contributed by atoms with E-state index in [1.165, 1.54) is 6.42 Å². The van der Waals surface area contributed by atoms with Crippen LogP contribution in [0.3, 0.4) is 0 Å². The van der Waals surface area contributed by atoms with Crippen molar-refractivity contribution in [1.82, 2.24) is 0 Å². The molecule has 21 heavy (non-hydrogen) atoms. The average Bonchev–Trinajstić information content (AvgIpc) is 2.73. The molecule has 5 aliphatic rings. The summed E-state index contributed by atoms with van der Waals surface area (Å²) >= 11 is 0. The Labute approximate surface area is 128 Å². The van der Waals surface area contributed by atoms with E-state index in [9.17, 15) is 0 Å². The highest BCUT2D eigenvalue weighted by Gasteiger charge is 2.67. The van der Waals surface area contributed by atoms with Gasteiger partial charge in [-0.1, -0.05) is 38.2 Å². The Morgan fingerprint density at radius 3 is 2.71 bits per heavy atom. The quantitative estimate of drug-likeness (QED) is 0.794. The van der Waals surface area contributed by atoms with E-state index in [2.05, 4.69) is 39.0 Å². The Morgan fingerprint density at radius 1 is 1.24 bits per heavy atom. The lowest BCUT2D eigenvalue weighted by molar-refractivity contribution is -0.199. The lowest BCUT2D eigenvalue weighted by atomic mass is 9.43. The largest absolute Gasteiger partial charge is 0.459 e. The van der Waals surface area contributed by atoms with Crippen molar-refractivity contribution in [2.45, 2.75) is 63.6 Å². The number of rotatable bonds is 2. The molecule has 2 N–H and O–H groups in total. The minimum Gasteiger partial charge on any atom is -0.405 e. The first-order chi connectivity index (χ1) is 9.83. The monoisotopic (exact) mass is 287 g/mol. The average molecular weight is 287 g/mol. The number of nitrogens with two attached hydrogens (primary N) is 1. The molecule has 0 aromatic carbocycles. The molecule has 0 unspecified atom stereocenters. The first kappa shape index (κ1) is 14.0. The summed E-state index contributed by atoms with van der Waals surface area (Å²) in [4.78, 5) is 0. The van der Waals surface area contributed by atoms with Crippen molar-refractivity contribution in [3.8, 4) is 0 Å². The van der Waals surface area contributed by atoms with Gasteiger partial charge in [-0.3, -0.25) is 0 Å². The van der Waals surface area contributed by atoms with Crippen molar-refractivity contribution in [3.63, 3.8) is 0 Å². The minimum atomic E-state index is -0.318. The minimum absolute atomic E-state index is 0.118. The van der Waals surface area contributed by atoms with Crippen LogP contribution < -0.4 is 5.73 Å². The molecule has 3 nitrogen and oxygen atoms in total. The fraction of sp³-hybridized carbons (Fsp3) is 0.765. The van der Waals surface area contributed by atoms with Crippen LogP contribution in [0.25, 0.3) is 0 Å². The van der Waals surface area contributed by atoms with Gasteiger partial charge in [-0.2, -0.15) is 0 Å². The molecule has 5 rings (SSSR count). The Hall–Kier alpha value is -0.575. The number of hydrogen-bond donors (Lipinski definition) is 1. The van der Waals surface area contributed by atoms with Gasteiger partial charge >= 0.3 is 7.12 Å². The Balaban J connectivity index is 1.50. The van der Waals surface area contributed by atoms with E-state index in [0.717, 1.165) is 25.1 Å². The van der Waals surface area contributed by atoms with Crippen LogP contribution in [0.2, 0.25) is 6.32 Å². The molecule has 0 aromatic rings. The number of hydrogen-bond acceptors (Lipinski definition) is 3. The number of allylic oxidation sites excluding steroid dienone is 2. The highest BCUT2D eigenvalue weighted by atomic mass is 16.7. The fourth-order valence-electron chi connectivity index (χ4n) is 5.18. The summed E-state index contributed by atoms with van der Waals surface area (Å²) < 4.78 is 12.7. The first-order valence-corrected chi connectivity index (χ1v) is 8.30. The van der Waals surface area contributed by atoms with Crippen LogP contribution in [0.15, 0.2) is 24.3 Å². The van der Waals surface area contributed by atoms with Gasteiger partial charge in [0.2, 0.25) is 0 Å². The molecule has 114 valence electrons. The van der Waals surface area contributed by atoms with Gasteiger partial charge in [0.25, 0.3) is 0 Å². The zero-order chi connectivity index (χ0) is 14.9. The van der Waals surface area contributed by atoms with Crippen molar-refractivity contribution in [3.05, 3.63) is 24.3 Å². The van der Waals surface area contributed by atoms with E-state index >= 15 is 0 Å². The van der Waals surface area contributed by atoms with Crippen LogP contribution in [0.5, 0.6) is 0 Å².